The number of nitrogens with one attached hydrogen (secondary N) is 1. The number of amides is 1. The van der Waals surface area contributed by atoms with Crippen molar-refractivity contribution in [3.63, 3.8) is 0 Å². The van der Waals surface area contributed by atoms with E-state index >= 15 is 0 Å². The summed E-state index contributed by atoms with van der Waals surface area (Å²) in [6.07, 6.45) is 4.18. The van der Waals surface area contributed by atoms with Crippen molar-refractivity contribution in [1.29, 1.82) is 0 Å². The van der Waals surface area contributed by atoms with Crippen LogP contribution in [0.2, 0.25) is 0 Å². The van der Waals surface area contributed by atoms with Crippen LogP contribution in [-0.4, -0.2) is 59.6 Å². The molecule has 6 heteroatoms. The van der Waals surface area contributed by atoms with E-state index in [0.717, 1.165) is 44.1 Å². The summed E-state index contributed by atoms with van der Waals surface area (Å²) in [5.74, 6) is 0.991. The molecule has 0 unspecified atom stereocenters. The van der Waals surface area contributed by atoms with Crippen LogP contribution < -0.4 is 10.2 Å². The Morgan fingerprint density at radius 2 is 1.60 bits per heavy atom. The highest BCUT2D eigenvalue weighted by atomic mass is 16.1. The average Bonchev–Trinajstić information content (AvgIpc) is 3.28. The number of nitrogens with zero attached hydrogens (tertiary/aromatic N) is 4. The van der Waals surface area contributed by atoms with Gasteiger partial charge >= 0.3 is 0 Å². The minimum atomic E-state index is 0.0885. The molecule has 6 nitrogen and oxygen atoms in total. The number of imidazole rings is 1. The lowest BCUT2D eigenvalue weighted by atomic mass is 10.2. The maximum atomic E-state index is 12.3. The first-order valence-corrected chi connectivity index (χ1v) is 10.7. The summed E-state index contributed by atoms with van der Waals surface area (Å²) < 4.78 is 2.04. The lowest BCUT2D eigenvalue weighted by Crippen LogP contribution is -2.48. The van der Waals surface area contributed by atoms with Gasteiger partial charge in [-0.05, 0) is 12.1 Å². The summed E-state index contributed by atoms with van der Waals surface area (Å²) in [4.78, 5) is 21.6. The van der Waals surface area contributed by atoms with E-state index in [2.05, 4.69) is 50.4 Å². The quantitative estimate of drug-likeness (QED) is 0.628. The fourth-order valence-corrected chi connectivity index (χ4v) is 3.87. The topological polar surface area (TPSA) is 53.4 Å². The molecule has 0 atom stereocenters. The van der Waals surface area contributed by atoms with Crippen LogP contribution >= 0.6 is 0 Å². The molecular formula is C24H29N5O. The Labute approximate surface area is 178 Å². The lowest BCUT2D eigenvalue weighted by molar-refractivity contribution is -0.121. The van der Waals surface area contributed by atoms with Gasteiger partial charge in [0.1, 0.15) is 5.82 Å². The van der Waals surface area contributed by atoms with E-state index in [1.807, 2.05) is 41.1 Å². The molecule has 1 aliphatic heterocycles. The second-order valence-corrected chi connectivity index (χ2v) is 7.57. The molecule has 1 saturated heterocycles. The maximum absolute atomic E-state index is 12.3. The summed E-state index contributed by atoms with van der Waals surface area (Å²) in [6.45, 7) is 6.34. The van der Waals surface area contributed by atoms with Crippen LogP contribution in [0.5, 0.6) is 0 Å². The second-order valence-electron chi connectivity index (χ2n) is 7.57. The van der Waals surface area contributed by atoms with Crippen LogP contribution in [0, 0.1) is 0 Å². The van der Waals surface area contributed by atoms with Crippen LogP contribution in [0.15, 0.2) is 73.1 Å². The molecule has 0 radical (unpaired) electrons. The molecule has 0 bridgehead atoms. The number of aryl methyl sites for hydroxylation is 1. The Morgan fingerprint density at radius 3 is 2.33 bits per heavy atom. The molecule has 30 heavy (non-hydrogen) atoms. The maximum Gasteiger partial charge on any atom is 0.221 e. The van der Waals surface area contributed by atoms with Gasteiger partial charge in [0.2, 0.25) is 5.91 Å². The fraction of sp³-hybridized carbons (Fsp3) is 0.333. The van der Waals surface area contributed by atoms with Crippen molar-refractivity contribution < 1.29 is 4.79 Å². The number of piperazine rings is 1. The van der Waals surface area contributed by atoms with E-state index in [9.17, 15) is 4.79 Å². The molecule has 3 aromatic rings. The predicted octanol–water partition coefficient (Wildman–Crippen LogP) is 2.88. The van der Waals surface area contributed by atoms with E-state index in [0.29, 0.717) is 19.5 Å². The number of carbonyl (C=O) groups is 1. The second kappa shape index (κ2) is 10.1. The fourth-order valence-electron chi connectivity index (χ4n) is 3.87. The van der Waals surface area contributed by atoms with Crippen molar-refractivity contribution in [1.82, 2.24) is 19.8 Å². The predicted molar refractivity (Wildman–Crippen MR) is 120 cm³/mol. The summed E-state index contributed by atoms with van der Waals surface area (Å²) in [7, 11) is 0. The van der Waals surface area contributed by atoms with Gasteiger partial charge in [0.05, 0.1) is 0 Å². The smallest absolute Gasteiger partial charge is 0.221 e. The van der Waals surface area contributed by atoms with Gasteiger partial charge in [0.25, 0.3) is 0 Å². The number of carbonyl (C=O) groups excluding carboxylic acids is 1. The average molecular weight is 404 g/mol. The van der Waals surface area contributed by atoms with E-state index in [1.54, 1.807) is 6.20 Å². The molecule has 2 heterocycles. The van der Waals surface area contributed by atoms with Crippen molar-refractivity contribution in [2.75, 3.05) is 44.2 Å². The van der Waals surface area contributed by atoms with Crippen LogP contribution in [-0.2, 0) is 11.3 Å². The number of benzene rings is 2. The molecule has 1 aromatic heterocycles. The van der Waals surface area contributed by atoms with Gasteiger partial charge in [-0.1, -0.05) is 48.5 Å². The molecule has 0 aliphatic carbocycles. The van der Waals surface area contributed by atoms with Crippen LogP contribution in [0.3, 0.4) is 0 Å². The number of hydrogen-bond acceptors (Lipinski definition) is 4. The molecule has 1 aliphatic rings. The number of anilines is 1. The third-order valence-corrected chi connectivity index (χ3v) is 5.57. The van der Waals surface area contributed by atoms with Crippen molar-refractivity contribution in [2.24, 2.45) is 0 Å². The first kappa shape index (κ1) is 20.2. The molecule has 1 amide bonds. The third kappa shape index (κ3) is 5.27. The van der Waals surface area contributed by atoms with E-state index in [-0.39, 0.29) is 5.91 Å². The minimum absolute atomic E-state index is 0.0885. The van der Waals surface area contributed by atoms with E-state index in [1.165, 1.54) is 5.69 Å². The molecular weight excluding hydrogens is 374 g/mol. The molecule has 2 aromatic carbocycles. The molecule has 0 saturated carbocycles. The van der Waals surface area contributed by atoms with Crippen molar-refractivity contribution in [3.8, 4) is 11.4 Å². The van der Waals surface area contributed by atoms with Gasteiger partial charge in [0.15, 0.2) is 0 Å². The van der Waals surface area contributed by atoms with E-state index in [4.69, 9.17) is 0 Å². The molecule has 156 valence electrons. The van der Waals surface area contributed by atoms with Crippen molar-refractivity contribution in [2.45, 2.75) is 13.0 Å². The Kier molecular flexibility index (Phi) is 6.77. The highest BCUT2D eigenvalue weighted by molar-refractivity contribution is 5.75. The van der Waals surface area contributed by atoms with E-state index < -0.39 is 0 Å². The van der Waals surface area contributed by atoms with Crippen molar-refractivity contribution >= 4 is 11.6 Å². The number of rotatable bonds is 8. The zero-order chi connectivity index (χ0) is 20.6. The van der Waals surface area contributed by atoms with Crippen molar-refractivity contribution in [3.05, 3.63) is 73.1 Å². The van der Waals surface area contributed by atoms with Gasteiger partial charge in [-0.2, -0.15) is 0 Å². The normalized spacial score (nSPS) is 14.6. The van der Waals surface area contributed by atoms with Gasteiger partial charge in [-0.25, -0.2) is 4.98 Å². The summed E-state index contributed by atoms with van der Waals surface area (Å²) in [5, 5.41) is 3.07. The molecule has 1 N–H and O–H groups in total. The Bertz CT molecular complexity index is 917. The van der Waals surface area contributed by atoms with Gasteiger partial charge in [-0.3, -0.25) is 9.69 Å². The standard InChI is InChI=1S/C24H29N5O/c30-23(11-14-29-16-13-26-24(29)21-7-3-1-4-8-21)25-12-15-27-17-19-28(20-18-27)22-9-5-2-6-10-22/h1-10,13,16H,11-12,14-15,17-20H2,(H,25,30). The zero-order valence-electron chi connectivity index (χ0n) is 17.3. The summed E-state index contributed by atoms with van der Waals surface area (Å²) in [5.41, 5.74) is 2.36. The third-order valence-electron chi connectivity index (χ3n) is 5.57. The summed E-state index contributed by atoms with van der Waals surface area (Å²) >= 11 is 0. The number of para-hydroxylation sites is 1. The highest BCUT2D eigenvalue weighted by Gasteiger charge is 2.16. The van der Waals surface area contributed by atoms with Gasteiger partial charge < -0.3 is 14.8 Å². The highest BCUT2D eigenvalue weighted by Crippen LogP contribution is 2.17. The van der Waals surface area contributed by atoms with Crippen LogP contribution in [0.4, 0.5) is 5.69 Å². The minimum Gasteiger partial charge on any atom is -0.369 e. The lowest BCUT2D eigenvalue weighted by Gasteiger charge is -2.36. The molecule has 0 spiro atoms. The Hall–Kier alpha value is -3.12. The number of aromatic nitrogens is 2. The van der Waals surface area contributed by atoms with Gasteiger partial charge in [-0.15, -0.1) is 0 Å². The Balaban J connectivity index is 1.16. The van der Waals surface area contributed by atoms with Crippen LogP contribution in [0.25, 0.3) is 11.4 Å². The number of hydrogen-bond donors (Lipinski definition) is 1. The first-order valence-electron chi connectivity index (χ1n) is 10.7. The van der Waals surface area contributed by atoms with Gasteiger partial charge in [0, 0.05) is 75.9 Å². The SMILES string of the molecule is O=C(CCn1ccnc1-c1ccccc1)NCCN1CCN(c2ccccc2)CC1. The monoisotopic (exact) mass is 403 g/mol. The molecule has 1 fully saturated rings. The summed E-state index contributed by atoms with van der Waals surface area (Å²) in [6, 6.07) is 20.6. The molecule has 4 rings (SSSR count). The van der Waals surface area contributed by atoms with Crippen LogP contribution in [0.1, 0.15) is 6.42 Å². The largest absolute Gasteiger partial charge is 0.369 e. The first-order chi connectivity index (χ1) is 14.8. The zero-order valence-corrected chi connectivity index (χ0v) is 17.3. The Morgan fingerprint density at radius 1 is 0.900 bits per heavy atom.